The molecule has 0 saturated carbocycles. The summed E-state index contributed by atoms with van der Waals surface area (Å²) in [5.74, 6) is 1.53. The maximum absolute atomic E-state index is 5.72. The first-order valence-corrected chi connectivity index (χ1v) is 6.26. The molecule has 0 radical (unpaired) electrons. The summed E-state index contributed by atoms with van der Waals surface area (Å²) in [6.45, 7) is 4.60. The Morgan fingerprint density at radius 2 is 2.31 bits per heavy atom. The zero-order chi connectivity index (χ0) is 11.4. The zero-order valence-electron chi connectivity index (χ0n) is 10.0. The van der Waals surface area contributed by atoms with Crippen molar-refractivity contribution in [2.75, 3.05) is 23.7 Å². The SMILES string of the molecule is CCC1CCCN(c2ccnc(N)c2)CC1. The van der Waals surface area contributed by atoms with Crippen LogP contribution in [0.1, 0.15) is 32.6 Å². The molecule has 0 aliphatic carbocycles. The van der Waals surface area contributed by atoms with E-state index in [4.69, 9.17) is 5.73 Å². The van der Waals surface area contributed by atoms with Crippen LogP contribution >= 0.6 is 0 Å². The molecule has 1 unspecified atom stereocenters. The molecule has 1 atom stereocenters. The van der Waals surface area contributed by atoms with Crippen LogP contribution in [-0.4, -0.2) is 18.1 Å². The number of nitrogen functional groups attached to an aromatic ring is 1. The summed E-state index contributed by atoms with van der Waals surface area (Å²) in [6.07, 6.45) is 7.08. The van der Waals surface area contributed by atoms with E-state index in [1.54, 1.807) is 6.20 Å². The summed E-state index contributed by atoms with van der Waals surface area (Å²) in [5, 5.41) is 0. The third kappa shape index (κ3) is 2.65. The van der Waals surface area contributed by atoms with Crippen LogP contribution in [0.3, 0.4) is 0 Å². The second-order valence-corrected chi connectivity index (χ2v) is 4.63. The number of nitrogens with two attached hydrogens (primary N) is 1. The van der Waals surface area contributed by atoms with Crippen molar-refractivity contribution in [3.8, 4) is 0 Å². The highest BCUT2D eigenvalue weighted by molar-refractivity contribution is 5.52. The van der Waals surface area contributed by atoms with Crippen molar-refractivity contribution in [1.82, 2.24) is 4.98 Å². The lowest BCUT2D eigenvalue weighted by molar-refractivity contribution is 0.459. The van der Waals surface area contributed by atoms with Crippen molar-refractivity contribution in [3.05, 3.63) is 18.3 Å². The second kappa shape index (κ2) is 5.19. The van der Waals surface area contributed by atoms with Crippen molar-refractivity contribution in [1.29, 1.82) is 0 Å². The molecule has 1 aliphatic heterocycles. The van der Waals surface area contributed by atoms with E-state index in [0.29, 0.717) is 5.82 Å². The van der Waals surface area contributed by atoms with Gasteiger partial charge >= 0.3 is 0 Å². The van der Waals surface area contributed by atoms with Gasteiger partial charge in [-0.05, 0) is 31.2 Å². The van der Waals surface area contributed by atoms with Crippen LogP contribution in [0, 0.1) is 5.92 Å². The van der Waals surface area contributed by atoms with Gasteiger partial charge in [0.05, 0.1) is 0 Å². The van der Waals surface area contributed by atoms with Gasteiger partial charge in [-0.2, -0.15) is 0 Å². The Hall–Kier alpha value is -1.25. The summed E-state index contributed by atoms with van der Waals surface area (Å²) >= 11 is 0. The Labute approximate surface area is 97.7 Å². The first-order valence-electron chi connectivity index (χ1n) is 6.26. The summed E-state index contributed by atoms with van der Waals surface area (Å²) < 4.78 is 0. The molecule has 1 aliphatic rings. The van der Waals surface area contributed by atoms with Crippen LogP contribution in [0.4, 0.5) is 11.5 Å². The summed E-state index contributed by atoms with van der Waals surface area (Å²) in [5.41, 5.74) is 6.95. The van der Waals surface area contributed by atoms with E-state index in [1.165, 1.54) is 31.4 Å². The molecule has 3 nitrogen and oxygen atoms in total. The fourth-order valence-corrected chi connectivity index (χ4v) is 2.47. The second-order valence-electron chi connectivity index (χ2n) is 4.63. The van der Waals surface area contributed by atoms with E-state index < -0.39 is 0 Å². The third-order valence-corrected chi connectivity index (χ3v) is 3.55. The van der Waals surface area contributed by atoms with E-state index in [1.807, 2.05) is 6.07 Å². The van der Waals surface area contributed by atoms with Gasteiger partial charge in [0.1, 0.15) is 5.82 Å². The minimum absolute atomic E-state index is 0.619. The average Bonchev–Trinajstić information content (AvgIpc) is 2.54. The standard InChI is InChI=1S/C13H21N3/c1-2-11-4-3-8-16(9-6-11)12-5-7-15-13(14)10-12/h5,7,10-11H,2-4,6,8-9H2,1H3,(H2,14,15). The lowest BCUT2D eigenvalue weighted by Crippen LogP contribution is -2.24. The molecule has 16 heavy (non-hydrogen) atoms. The fraction of sp³-hybridized carbons (Fsp3) is 0.615. The van der Waals surface area contributed by atoms with Gasteiger partial charge in [0, 0.05) is 31.0 Å². The van der Waals surface area contributed by atoms with Crippen LogP contribution in [0.5, 0.6) is 0 Å². The van der Waals surface area contributed by atoms with Gasteiger partial charge in [-0.15, -0.1) is 0 Å². The van der Waals surface area contributed by atoms with E-state index in [2.05, 4.69) is 22.9 Å². The van der Waals surface area contributed by atoms with Gasteiger partial charge < -0.3 is 10.6 Å². The smallest absolute Gasteiger partial charge is 0.125 e. The van der Waals surface area contributed by atoms with Crippen molar-refractivity contribution in [2.45, 2.75) is 32.6 Å². The van der Waals surface area contributed by atoms with Gasteiger partial charge in [-0.3, -0.25) is 0 Å². The monoisotopic (exact) mass is 219 g/mol. The maximum Gasteiger partial charge on any atom is 0.125 e. The van der Waals surface area contributed by atoms with Crippen molar-refractivity contribution < 1.29 is 0 Å². The molecular weight excluding hydrogens is 198 g/mol. The lowest BCUT2D eigenvalue weighted by Gasteiger charge is -2.22. The molecule has 0 bridgehead atoms. The van der Waals surface area contributed by atoms with Gasteiger partial charge in [0.25, 0.3) is 0 Å². The molecule has 1 aromatic rings. The summed E-state index contributed by atoms with van der Waals surface area (Å²) in [6, 6.07) is 4.04. The topological polar surface area (TPSA) is 42.2 Å². The molecule has 1 aromatic heterocycles. The Bertz CT molecular complexity index is 338. The number of anilines is 2. The molecular formula is C13H21N3. The van der Waals surface area contributed by atoms with Gasteiger partial charge in [-0.1, -0.05) is 13.3 Å². The molecule has 0 amide bonds. The average molecular weight is 219 g/mol. The van der Waals surface area contributed by atoms with E-state index in [9.17, 15) is 0 Å². The molecule has 1 fully saturated rings. The fourth-order valence-electron chi connectivity index (χ4n) is 2.47. The van der Waals surface area contributed by atoms with Crippen LogP contribution in [0.2, 0.25) is 0 Å². The Morgan fingerprint density at radius 3 is 3.06 bits per heavy atom. The molecule has 1 saturated heterocycles. The van der Waals surface area contributed by atoms with Gasteiger partial charge in [-0.25, -0.2) is 4.98 Å². The minimum Gasteiger partial charge on any atom is -0.384 e. The third-order valence-electron chi connectivity index (χ3n) is 3.55. The number of nitrogens with zero attached hydrogens (tertiary/aromatic N) is 2. The predicted molar refractivity (Wildman–Crippen MR) is 68.5 cm³/mol. The highest BCUT2D eigenvalue weighted by Crippen LogP contribution is 2.24. The van der Waals surface area contributed by atoms with E-state index in [-0.39, 0.29) is 0 Å². The summed E-state index contributed by atoms with van der Waals surface area (Å²) in [4.78, 5) is 6.48. The van der Waals surface area contributed by atoms with E-state index in [0.717, 1.165) is 19.0 Å². The lowest BCUT2D eigenvalue weighted by atomic mass is 9.98. The first kappa shape index (κ1) is 11.2. The zero-order valence-corrected chi connectivity index (χ0v) is 10.0. The first-order chi connectivity index (χ1) is 7.79. The Kier molecular flexibility index (Phi) is 3.65. The van der Waals surface area contributed by atoms with Crippen molar-refractivity contribution in [3.63, 3.8) is 0 Å². The molecule has 2 heterocycles. The molecule has 0 spiro atoms. The van der Waals surface area contributed by atoms with Crippen LogP contribution in [0.25, 0.3) is 0 Å². The van der Waals surface area contributed by atoms with Gasteiger partial charge in [0.2, 0.25) is 0 Å². The summed E-state index contributed by atoms with van der Waals surface area (Å²) in [7, 11) is 0. The largest absolute Gasteiger partial charge is 0.384 e. The van der Waals surface area contributed by atoms with E-state index >= 15 is 0 Å². The normalized spacial score (nSPS) is 21.8. The molecule has 88 valence electrons. The number of hydrogen-bond acceptors (Lipinski definition) is 3. The molecule has 2 N–H and O–H groups in total. The van der Waals surface area contributed by atoms with Crippen LogP contribution in [-0.2, 0) is 0 Å². The number of pyridine rings is 1. The quantitative estimate of drug-likeness (QED) is 0.831. The molecule has 3 heteroatoms. The van der Waals surface area contributed by atoms with Crippen molar-refractivity contribution in [2.24, 2.45) is 5.92 Å². The van der Waals surface area contributed by atoms with Gasteiger partial charge in [0.15, 0.2) is 0 Å². The Balaban J connectivity index is 2.04. The van der Waals surface area contributed by atoms with Crippen molar-refractivity contribution >= 4 is 11.5 Å². The van der Waals surface area contributed by atoms with Crippen LogP contribution < -0.4 is 10.6 Å². The highest BCUT2D eigenvalue weighted by atomic mass is 15.1. The van der Waals surface area contributed by atoms with Crippen LogP contribution in [0.15, 0.2) is 18.3 Å². The maximum atomic E-state index is 5.72. The number of rotatable bonds is 2. The Morgan fingerprint density at radius 1 is 1.44 bits per heavy atom. The molecule has 0 aromatic carbocycles. The number of hydrogen-bond donors (Lipinski definition) is 1. The minimum atomic E-state index is 0.619. The number of aromatic nitrogens is 1. The molecule has 2 rings (SSSR count). The predicted octanol–water partition coefficient (Wildman–Crippen LogP) is 2.68. The highest BCUT2D eigenvalue weighted by Gasteiger charge is 2.15.